The quantitative estimate of drug-likeness (QED) is 0.507. The maximum absolute atomic E-state index is 13.5. The third-order valence-corrected chi connectivity index (χ3v) is 6.81. The molecular weight excluding hydrogens is 457 g/mol. The van der Waals surface area contributed by atoms with Gasteiger partial charge in [-0.3, -0.25) is 0 Å². The van der Waals surface area contributed by atoms with Crippen molar-refractivity contribution >= 4 is 23.4 Å². The molecule has 1 aliphatic heterocycles. The second-order valence-electron chi connectivity index (χ2n) is 9.66. The summed E-state index contributed by atoms with van der Waals surface area (Å²) in [6.45, 7) is 8.74. The maximum Gasteiger partial charge on any atom is 0.322 e. The highest BCUT2D eigenvalue weighted by Crippen LogP contribution is 2.40. The van der Waals surface area contributed by atoms with E-state index < -0.39 is 5.82 Å². The molecule has 0 radical (unpaired) electrons. The van der Waals surface area contributed by atoms with Crippen molar-refractivity contribution in [2.24, 2.45) is 17.8 Å². The minimum atomic E-state index is -0.487. The predicted molar refractivity (Wildman–Crippen MR) is 129 cm³/mol. The monoisotopic (exact) mass is 485 g/mol. The number of fused-ring (bicyclic) bond motifs is 2. The van der Waals surface area contributed by atoms with E-state index in [2.05, 4.69) is 39.0 Å². The zero-order valence-electron chi connectivity index (χ0n) is 19.6. The first-order chi connectivity index (χ1) is 16.4. The second-order valence-corrected chi connectivity index (χ2v) is 10.1. The van der Waals surface area contributed by atoms with Crippen LogP contribution in [0.5, 0.6) is 11.8 Å². The Kier molecular flexibility index (Phi) is 6.29. The minimum absolute atomic E-state index is 0.00740. The van der Waals surface area contributed by atoms with Crippen LogP contribution < -0.4 is 15.0 Å². The Hall–Kier alpha value is -2.94. The summed E-state index contributed by atoms with van der Waals surface area (Å²) in [5.74, 6) is 2.79. The molecule has 180 valence electrons. The number of nitrogens with one attached hydrogen (secondary N) is 1. The Morgan fingerprint density at radius 3 is 2.62 bits per heavy atom. The number of aromatic nitrogens is 5. The number of ether oxygens (including phenoxy) is 1. The molecule has 0 amide bonds. The molecule has 3 aromatic rings. The van der Waals surface area contributed by atoms with Crippen molar-refractivity contribution in [1.82, 2.24) is 24.7 Å². The lowest BCUT2D eigenvalue weighted by atomic mass is 9.92. The van der Waals surface area contributed by atoms with Gasteiger partial charge < -0.3 is 15.0 Å². The van der Waals surface area contributed by atoms with E-state index in [9.17, 15) is 4.39 Å². The first-order valence-corrected chi connectivity index (χ1v) is 12.1. The van der Waals surface area contributed by atoms with Gasteiger partial charge in [0.2, 0.25) is 5.95 Å². The summed E-state index contributed by atoms with van der Waals surface area (Å²) in [5.41, 5.74) is 0.979. The Balaban J connectivity index is 1.33. The van der Waals surface area contributed by atoms with E-state index in [0.29, 0.717) is 48.0 Å². The van der Waals surface area contributed by atoms with E-state index in [0.717, 1.165) is 37.4 Å². The van der Waals surface area contributed by atoms with Crippen LogP contribution in [0.25, 0.3) is 0 Å². The molecule has 0 spiro atoms. The van der Waals surface area contributed by atoms with Gasteiger partial charge in [-0.25, -0.2) is 19.0 Å². The number of nitrogens with zero attached hydrogens (tertiary/aromatic N) is 6. The summed E-state index contributed by atoms with van der Waals surface area (Å²) >= 11 is 5.92. The second kappa shape index (κ2) is 9.37. The fourth-order valence-electron chi connectivity index (χ4n) is 4.98. The lowest BCUT2D eigenvalue weighted by Crippen LogP contribution is -2.48. The van der Waals surface area contributed by atoms with Crippen LogP contribution in [0.2, 0.25) is 5.02 Å². The van der Waals surface area contributed by atoms with Crippen molar-refractivity contribution in [2.45, 2.75) is 46.2 Å². The normalized spacial score (nSPS) is 21.8. The highest BCUT2D eigenvalue weighted by atomic mass is 35.5. The summed E-state index contributed by atoms with van der Waals surface area (Å²) in [5, 5.41) is 8.30. The molecule has 2 fully saturated rings. The molecule has 3 heterocycles. The largest absolute Gasteiger partial charge is 0.424 e. The molecular formula is C24H29ClFN7O. The van der Waals surface area contributed by atoms with Crippen molar-refractivity contribution in [3.8, 4) is 11.8 Å². The Labute approximate surface area is 203 Å². The Morgan fingerprint density at radius 2 is 1.94 bits per heavy atom. The van der Waals surface area contributed by atoms with Crippen LogP contribution >= 0.6 is 11.6 Å². The van der Waals surface area contributed by atoms with E-state index in [1.54, 1.807) is 11.0 Å². The van der Waals surface area contributed by atoms with Gasteiger partial charge in [-0.2, -0.15) is 4.98 Å². The van der Waals surface area contributed by atoms with E-state index in [-0.39, 0.29) is 5.02 Å². The molecule has 10 heteroatoms. The number of halogens is 2. The molecule has 3 atom stereocenters. The Bertz CT molecular complexity index is 1160. The molecule has 8 nitrogen and oxygen atoms in total. The van der Waals surface area contributed by atoms with Gasteiger partial charge in [0, 0.05) is 43.5 Å². The standard InChI is InChI=1S/C24H29ClFN7O/c1-14(2)10-33-24(34-18-6-7-20(26)19(25)9-18)30-23(31-33)29-22-16-4-5-17(22)12-32(11-16)21-8-15(3)27-13-28-21/h6-9,13-14,16-17,22H,4-5,10-12H2,1-3H3,(H,29,31)/t16-,17+,22?. The molecule has 1 aliphatic carbocycles. The van der Waals surface area contributed by atoms with Gasteiger partial charge in [0.25, 0.3) is 0 Å². The van der Waals surface area contributed by atoms with Crippen LogP contribution in [-0.2, 0) is 6.54 Å². The van der Waals surface area contributed by atoms with Gasteiger partial charge in [-0.15, -0.1) is 5.10 Å². The molecule has 2 aliphatic rings. The Morgan fingerprint density at radius 1 is 1.18 bits per heavy atom. The number of hydrogen-bond donors (Lipinski definition) is 1. The number of benzene rings is 1. The molecule has 1 N–H and O–H groups in total. The third kappa shape index (κ3) is 4.80. The van der Waals surface area contributed by atoms with Crippen LogP contribution in [-0.4, -0.2) is 43.9 Å². The fourth-order valence-corrected chi connectivity index (χ4v) is 5.15. The molecule has 1 unspecified atom stereocenters. The summed E-state index contributed by atoms with van der Waals surface area (Å²) in [6.07, 6.45) is 3.96. The fraction of sp³-hybridized carbons (Fsp3) is 0.500. The van der Waals surface area contributed by atoms with Crippen LogP contribution in [0, 0.1) is 30.5 Å². The highest BCUT2D eigenvalue weighted by molar-refractivity contribution is 6.30. The average Bonchev–Trinajstić information content (AvgIpc) is 3.24. The number of anilines is 2. The lowest BCUT2D eigenvalue weighted by Gasteiger charge is -2.38. The number of hydrogen-bond acceptors (Lipinski definition) is 7. The van der Waals surface area contributed by atoms with Gasteiger partial charge in [0.15, 0.2) is 0 Å². The predicted octanol–water partition coefficient (Wildman–Crippen LogP) is 4.94. The maximum atomic E-state index is 13.5. The molecule has 2 aromatic heterocycles. The van der Waals surface area contributed by atoms with Crippen molar-refractivity contribution in [2.75, 3.05) is 23.3 Å². The van der Waals surface area contributed by atoms with E-state index in [1.165, 1.54) is 18.2 Å². The summed E-state index contributed by atoms with van der Waals surface area (Å²) in [4.78, 5) is 15.7. The van der Waals surface area contributed by atoms with E-state index >= 15 is 0 Å². The van der Waals surface area contributed by atoms with Crippen molar-refractivity contribution in [1.29, 1.82) is 0 Å². The summed E-state index contributed by atoms with van der Waals surface area (Å²) < 4.78 is 21.2. The van der Waals surface area contributed by atoms with Gasteiger partial charge in [-0.05, 0) is 49.7 Å². The zero-order valence-corrected chi connectivity index (χ0v) is 20.3. The SMILES string of the molecule is Cc1cc(N2C[C@H]3CC[C@@H](C2)C3Nc2nc(Oc3ccc(F)c(Cl)c3)n(CC(C)C)n2)ncn1. The minimum Gasteiger partial charge on any atom is -0.424 e. The van der Waals surface area contributed by atoms with Crippen molar-refractivity contribution < 1.29 is 9.13 Å². The summed E-state index contributed by atoms with van der Waals surface area (Å²) in [7, 11) is 0. The topological polar surface area (TPSA) is 81.0 Å². The van der Waals surface area contributed by atoms with Crippen LogP contribution in [0.3, 0.4) is 0 Å². The molecule has 1 saturated carbocycles. The smallest absolute Gasteiger partial charge is 0.322 e. The van der Waals surface area contributed by atoms with Crippen molar-refractivity contribution in [3.05, 3.63) is 47.1 Å². The van der Waals surface area contributed by atoms with E-state index in [1.807, 2.05) is 13.0 Å². The van der Waals surface area contributed by atoms with Crippen LogP contribution in [0.4, 0.5) is 16.2 Å². The van der Waals surface area contributed by atoms with Gasteiger partial charge >= 0.3 is 6.01 Å². The highest BCUT2D eigenvalue weighted by Gasteiger charge is 2.43. The molecule has 1 saturated heterocycles. The van der Waals surface area contributed by atoms with Crippen molar-refractivity contribution in [3.63, 3.8) is 0 Å². The van der Waals surface area contributed by atoms with Crippen LogP contribution in [0.1, 0.15) is 32.4 Å². The zero-order chi connectivity index (χ0) is 23.8. The van der Waals surface area contributed by atoms with E-state index in [4.69, 9.17) is 21.4 Å². The molecule has 1 aromatic carbocycles. The first kappa shape index (κ1) is 22.8. The first-order valence-electron chi connectivity index (χ1n) is 11.7. The van der Waals surface area contributed by atoms with Gasteiger partial charge in [0.05, 0.1) is 5.02 Å². The molecule has 2 bridgehead atoms. The number of aryl methyl sites for hydroxylation is 1. The van der Waals surface area contributed by atoms with Crippen LogP contribution in [0.15, 0.2) is 30.6 Å². The molecule has 5 rings (SSSR count). The third-order valence-electron chi connectivity index (χ3n) is 6.52. The number of rotatable bonds is 7. The molecule has 34 heavy (non-hydrogen) atoms. The number of piperidine rings is 1. The van der Waals surface area contributed by atoms with Gasteiger partial charge in [-0.1, -0.05) is 25.4 Å². The summed E-state index contributed by atoms with van der Waals surface area (Å²) in [6, 6.07) is 6.97. The van der Waals surface area contributed by atoms with Gasteiger partial charge in [0.1, 0.15) is 23.7 Å². The average molecular weight is 486 g/mol. The lowest BCUT2D eigenvalue weighted by molar-refractivity contribution is 0.370.